The lowest BCUT2D eigenvalue weighted by Crippen LogP contribution is -2.37. The number of carbonyl (C=O) groups excluding carboxylic acids is 1. The number of aromatic nitrogens is 2. The maximum atomic E-state index is 11.6. The molecule has 5 nitrogen and oxygen atoms in total. The van der Waals surface area contributed by atoms with Crippen molar-refractivity contribution in [1.29, 1.82) is 0 Å². The van der Waals surface area contributed by atoms with Crippen molar-refractivity contribution in [3.05, 3.63) is 18.0 Å². The maximum Gasteiger partial charge on any atom is 0.312 e. The lowest BCUT2D eigenvalue weighted by atomic mass is 9.93. The fourth-order valence-electron chi connectivity index (χ4n) is 1.94. The summed E-state index contributed by atoms with van der Waals surface area (Å²) in [6, 6.07) is 0. The van der Waals surface area contributed by atoms with E-state index in [4.69, 9.17) is 4.74 Å². The number of esters is 1. The molecule has 0 unspecified atom stereocenters. The van der Waals surface area contributed by atoms with E-state index >= 15 is 0 Å². The highest BCUT2D eigenvalue weighted by Crippen LogP contribution is 2.19. The molecule has 1 aromatic heterocycles. The lowest BCUT2D eigenvalue weighted by molar-refractivity contribution is -0.151. The molecule has 0 bridgehead atoms. The molecule has 1 aromatic rings. The molecule has 0 N–H and O–H groups in total. The van der Waals surface area contributed by atoms with E-state index in [9.17, 15) is 4.79 Å². The zero-order valence-electron chi connectivity index (χ0n) is 11.2. The minimum atomic E-state index is -0.494. The highest BCUT2D eigenvalue weighted by Gasteiger charge is 2.30. The predicted molar refractivity (Wildman–Crippen MR) is 65.3 cm³/mol. The molecule has 0 atom stereocenters. The van der Waals surface area contributed by atoms with Crippen molar-refractivity contribution in [2.75, 3.05) is 20.7 Å². The Kier molecular flexibility index (Phi) is 4.28. The van der Waals surface area contributed by atoms with Crippen LogP contribution in [0, 0.1) is 5.41 Å². The van der Waals surface area contributed by atoms with Crippen molar-refractivity contribution < 1.29 is 9.53 Å². The predicted octanol–water partition coefficient (Wildman–Crippen LogP) is 1.05. The Morgan fingerprint density at radius 3 is 2.71 bits per heavy atom. The van der Waals surface area contributed by atoms with Crippen molar-refractivity contribution >= 4 is 5.97 Å². The summed E-state index contributed by atoms with van der Waals surface area (Å²) in [5.41, 5.74) is 0.641. The van der Waals surface area contributed by atoms with E-state index in [-0.39, 0.29) is 5.97 Å². The quantitative estimate of drug-likeness (QED) is 0.721. The van der Waals surface area contributed by atoms with Crippen LogP contribution in [0.3, 0.4) is 0 Å². The van der Waals surface area contributed by atoms with Gasteiger partial charge in [0.15, 0.2) is 0 Å². The molecule has 0 saturated heterocycles. The average molecular weight is 239 g/mol. The third kappa shape index (κ3) is 3.85. The summed E-state index contributed by atoms with van der Waals surface area (Å²) >= 11 is 0. The van der Waals surface area contributed by atoms with E-state index in [1.807, 2.05) is 40.3 Å². The van der Waals surface area contributed by atoms with E-state index in [0.717, 1.165) is 12.1 Å². The van der Waals surface area contributed by atoms with Crippen LogP contribution in [-0.2, 0) is 23.1 Å². The van der Waals surface area contributed by atoms with Gasteiger partial charge in [0.1, 0.15) is 0 Å². The molecule has 0 saturated carbocycles. The smallest absolute Gasteiger partial charge is 0.312 e. The van der Waals surface area contributed by atoms with Crippen LogP contribution in [0.25, 0.3) is 0 Å². The van der Waals surface area contributed by atoms with Crippen molar-refractivity contribution in [2.24, 2.45) is 12.5 Å². The van der Waals surface area contributed by atoms with Gasteiger partial charge < -0.3 is 9.64 Å². The molecule has 0 radical (unpaired) electrons. The number of ether oxygens (including phenoxy) is 1. The van der Waals surface area contributed by atoms with Gasteiger partial charge in [0.05, 0.1) is 18.7 Å². The molecule has 0 aliphatic carbocycles. The molecule has 0 spiro atoms. The van der Waals surface area contributed by atoms with Crippen LogP contribution < -0.4 is 0 Å². The van der Waals surface area contributed by atoms with Gasteiger partial charge in [-0.05, 0) is 20.9 Å². The van der Waals surface area contributed by atoms with Crippen molar-refractivity contribution in [2.45, 2.75) is 20.4 Å². The first-order valence-corrected chi connectivity index (χ1v) is 5.59. The van der Waals surface area contributed by atoms with Crippen LogP contribution in [-0.4, -0.2) is 41.4 Å². The number of carbonyl (C=O) groups is 1. The average Bonchev–Trinajstić information content (AvgIpc) is 2.61. The van der Waals surface area contributed by atoms with Gasteiger partial charge in [-0.1, -0.05) is 0 Å². The van der Waals surface area contributed by atoms with Crippen LogP contribution in [0.2, 0.25) is 0 Å². The number of hydrogen-bond acceptors (Lipinski definition) is 4. The van der Waals surface area contributed by atoms with Crippen LogP contribution in [0.5, 0.6) is 0 Å². The fraction of sp³-hybridized carbons (Fsp3) is 0.667. The third-order valence-corrected chi connectivity index (χ3v) is 2.61. The Balaban J connectivity index is 2.54. The van der Waals surface area contributed by atoms with Gasteiger partial charge in [-0.2, -0.15) is 5.10 Å². The highest BCUT2D eigenvalue weighted by molar-refractivity contribution is 5.76. The van der Waals surface area contributed by atoms with Crippen molar-refractivity contribution in [3.8, 4) is 0 Å². The SMILES string of the molecule is COC(=O)C(C)(C)CN(C)Cc1cnn(C)c1. The first kappa shape index (κ1) is 13.7. The minimum absolute atomic E-state index is 0.185. The Morgan fingerprint density at radius 2 is 2.24 bits per heavy atom. The molecule has 1 heterocycles. The molecule has 0 amide bonds. The normalized spacial score (nSPS) is 11.9. The second kappa shape index (κ2) is 5.31. The third-order valence-electron chi connectivity index (χ3n) is 2.61. The summed E-state index contributed by atoms with van der Waals surface area (Å²) in [5.74, 6) is -0.185. The summed E-state index contributed by atoms with van der Waals surface area (Å²) in [6.45, 7) is 5.19. The lowest BCUT2D eigenvalue weighted by Gasteiger charge is -2.27. The van der Waals surface area contributed by atoms with Crippen molar-refractivity contribution in [1.82, 2.24) is 14.7 Å². The minimum Gasteiger partial charge on any atom is -0.469 e. The molecule has 0 fully saturated rings. The molecule has 0 aliphatic heterocycles. The van der Waals surface area contributed by atoms with Crippen LogP contribution in [0.15, 0.2) is 12.4 Å². The monoisotopic (exact) mass is 239 g/mol. The van der Waals surface area contributed by atoms with Gasteiger partial charge in [0.25, 0.3) is 0 Å². The molecular weight excluding hydrogens is 218 g/mol. The number of methoxy groups -OCH3 is 1. The molecule has 0 aliphatic rings. The van der Waals surface area contributed by atoms with Gasteiger partial charge in [-0.3, -0.25) is 9.48 Å². The van der Waals surface area contributed by atoms with Gasteiger partial charge >= 0.3 is 5.97 Å². The van der Waals surface area contributed by atoms with E-state index in [1.165, 1.54) is 7.11 Å². The molecule has 96 valence electrons. The summed E-state index contributed by atoms with van der Waals surface area (Å²) in [6.07, 6.45) is 3.81. The van der Waals surface area contributed by atoms with Gasteiger partial charge in [0.2, 0.25) is 0 Å². The molecule has 1 rings (SSSR count). The molecule has 5 heteroatoms. The van der Waals surface area contributed by atoms with E-state index in [1.54, 1.807) is 4.68 Å². The fourth-order valence-corrected chi connectivity index (χ4v) is 1.94. The summed E-state index contributed by atoms with van der Waals surface area (Å²) in [4.78, 5) is 13.7. The number of nitrogens with zero attached hydrogens (tertiary/aromatic N) is 3. The van der Waals surface area contributed by atoms with E-state index in [0.29, 0.717) is 6.54 Å². The first-order chi connectivity index (χ1) is 7.85. The summed E-state index contributed by atoms with van der Waals surface area (Å²) in [7, 11) is 5.30. The number of hydrogen-bond donors (Lipinski definition) is 0. The second-order valence-electron chi connectivity index (χ2n) is 5.07. The van der Waals surface area contributed by atoms with E-state index < -0.39 is 5.41 Å². The Hall–Kier alpha value is -1.36. The Bertz CT molecular complexity index is 385. The van der Waals surface area contributed by atoms with Gasteiger partial charge in [0, 0.05) is 31.9 Å². The molecular formula is C12H21N3O2. The molecule has 17 heavy (non-hydrogen) atoms. The zero-order chi connectivity index (χ0) is 13.1. The maximum absolute atomic E-state index is 11.6. The zero-order valence-corrected chi connectivity index (χ0v) is 11.2. The Morgan fingerprint density at radius 1 is 1.59 bits per heavy atom. The highest BCUT2D eigenvalue weighted by atomic mass is 16.5. The number of rotatable bonds is 5. The summed E-state index contributed by atoms with van der Waals surface area (Å²) in [5, 5.41) is 4.12. The van der Waals surface area contributed by atoms with Gasteiger partial charge in [-0.25, -0.2) is 0 Å². The largest absolute Gasteiger partial charge is 0.469 e. The topological polar surface area (TPSA) is 47.4 Å². The van der Waals surface area contributed by atoms with Crippen LogP contribution in [0.4, 0.5) is 0 Å². The van der Waals surface area contributed by atoms with Gasteiger partial charge in [-0.15, -0.1) is 0 Å². The first-order valence-electron chi connectivity index (χ1n) is 5.59. The standard InChI is InChI=1S/C12H21N3O2/c1-12(2,11(16)17-5)9-14(3)7-10-6-13-15(4)8-10/h6,8H,7,9H2,1-5H3. The summed E-state index contributed by atoms with van der Waals surface area (Å²) < 4.78 is 6.56. The van der Waals surface area contributed by atoms with Crippen LogP contribution >= 0.6 is 0 Å². The number of aryl methyl sites for hydroxylation is 1. The van der Waals surface area contributed by atoms with Crippen LogP contribution in [0.1, 0.15) is 19.4 Å². The Labute approximate surface area is 102 Å². The molecule has 0 aromatic carbocycles. The van der Waals surface area contributed by atoms with Crippen molar-refractivity contribution in [3.63, 3.8) is 0 Å². The second-order valence-corrected chi connectivity index (χ2v) is 5.07. The van der Waals surface area contributed by atoms with E-state index in [2.05, 4.69) is 10.00 Å².